The second-order valence-corrected chi connectivity index (χ2v) is 5.91. The van der Waals surface area contributed by atoms with E-state index in [-0.39, 0.29) is 78.3 Å². The number of carbonyl (C=O) groups is 3. The van der Waals surface area contributed by atoms with Gasteiger partial charge in [0.05, 0.1) is 0 Å². The Morgan fingerprint density at radius 1 is 0.591 bits per heavy atom. The maximum Gasteiger partial charge on any atom is 3.00 e. The van der Waals surface area contributed by atoms with Gasteiger partial charge in [0.15, 0.2) is 0 Å². The van der Waals surface area contributed by atoms with Gasteiger partial charge in [-0.25, -0.2) is 0 Å². The number of carboxylic acids is 3. The zero-order valence-corrected chi connectivity index (χ0v) is 18.1. The van der Waals surface area contributed by atoms with Crippen LogP contribution in [0.15, 0.2) is 0 Å². The van der Waals surface area contributed by atoms with Gasteiger partial charge in [0.25, 0.3) is 0 Å². The van der Waals surface area contributed by atoms with Gasteiger partial charge < -0.3 is 29.7 Å². The Hall–Kier alpha value is -0.226. The van der Waals surface area contributed by atoms with Crippen LogP contribution >= 0.6 is 0 Å². The molecule has 0 bridgehead atoms. The zero-order chi connectivity index (χ0) is 17.6. The average Bonchev–Trinajstić information content (AvgIpc) is 2.10. The molecule has 126 valence electrons. The van der Waals surface area contributed by atoms with Crippen LogP contribution in [0, 0.1) is 59.0 Å². The summed E-state index contributed by atoms with van der Waals surface area (Å²) in [5, 5.41) is 29.1. The number of aliphatic carboxylic acids is 3. The molecule has 0 rings (SSSR count). The van der Waals surface area contributed by atoms with E-state index in [1.807, 2.05) is 41.5 Å². The van der Waals surface area contributed by atoms with Crippen LogP contribution in [-0.2, 0) is 14.4 Å². The summed E-state index contributed by atoms with van der Waals surface area (Å²) in [5.41, 5.74) is 0. The Bertz CT molecular complexity index is 253. The van der Waals surface area contributed by atoms with E-state index in [2.05, 4.69) is 0 Å². The Balaban J connectivity index is -0.000000108. The predicted octanol–water partition coefficient (Wildman–Crippen LogP) is -0.653. The monoisotopic (exact) mass is 444 g/mol. The summed E-state index contributed by atoms with van der Waals surface area (Å²) in [4.78, 5) is 29.1. The van der Waals surface area contributed by atoms with E-state index in [1.54, 1.807) is 0 Å². The number of hydrogen-bond acceptors (Lipinski definition) is 6. The van der Waals surface area contributed by atoms with Crippen molar-refractivity contribution in [3.63, 3.8) is 0 Å². The van der Waals surface area contributed by atoms with Crippen LogP contribution in [0.1, 0.15) is 60.8 Å². The molecule has 0 aromatic heterocycles. The fourth-order valence-electron chi connectivity index (χ4n) is 1.00. The number of carbonyl (C=O) groups excluding carboxylic acids is 3. The molecule has 0 aromatic rings. The maximum absolute atomic E-state index is 9.70. The van der Waals surface area contributed by atoms with E-state index < -0.39 is 17.9 Å². The van der Waals surface area contributed by atoms with Crippen molar-refractivity contribution in [2.75, 3.05) is 0 Å². The summed E-state index contributed by atoms with van der Waals surface area (Å²) in [6.45, 7) is 11.1. The Morgan fingerprint density at radius 2 is 0.727 bits per heavy atom. The molecule has 0 saturated heterocycles. The standard InChI is InChI=1S/3C5H10O2.Pr/c3*1-4(2)3-5(6)7;/h3*4H,3H2,1-2H3,(H,6,7);/q;;;+3/p-3. The van der Waals surface area contributed by atoms with E-state index in [4.69, 9.17) is 0 Å². The van der Waals surface area contributed by atoms with Gasteiger partial charge in [0.1, 0.15) is 0 Å². The minimum atomic E-state index is -0.963. The van der Waals surface area contributed by atoms with Crippen LogP contribution in [-0.4, -0.2) is 17.9 Å². The molecule has 0 spiro atoms. The Morgan fingerprint density at radius 3 is 0.727 bits per heavy atom. The molecule has 0 atom stereocenters. The van der Waals surface area contributed by atoms with Crippen LogP contribution in [0.25, 0.3) is 0 Å². The van der Waals surface area contributed by atoms with Gasteiger partial charge in [-0.1, -0.05) is 41.5 Å². The van der Waals surface area contributed by atoms with Gasteiger partial charge in [-0.15, -0.1) is 0 Å². The quantitative estimate of drug-likeness (QED) is 0.537. The topological polar surface area (TPSA) is 120 Å². The summed E-state index contributed by atoms with van der Waals surface area (Å²) in [6, 6.07) is 0. The molecule has 0 aliphatic carbocycles. The van der Waals surface area contributed by atoms with Gasteiger partial charge in [0.2, 0.25) is 0 Å². The first-order valence-corrected chi connectivity index (χ1v) is 6.97. The van der Waals surface area contributed by atoms with Gasteiger partial charge in [-0.3, -0.25) is 0 Å². The number of carboxylic acid groups (broad SMARTS) is 3. The van der Waals surface area contributed by atoms with Crippen molar-refractivity contribution < 1.29 is 71.0 Å². The zero-order valence-electron chi connectivity index (χ0n) is 14.4. The van der Waals surface area contributed by atoms with Gasteiger partial charge in [0, 0.05) is 17.9 Å². The summed E-state index contributed by atoms with van der Waals surface area (Å²) < 4.78 is 0. The van der Waals surface area contributed by atoms with Crippen LogP contribution in [0.3, 0.4) is 0 Å². The largest absolute Gasteiger partial charge is 3.00 e. The van der Waals surface area contributed by atoms with Crippen molar-refractivity contribution in [3.8, 4) is 0 Å². The molecule has 7 heteroatoms. The third kappa shape index (κ3) is 50.3. The van der Waals surface area contributed by atoms with Gasteiger partial charge in [-0.2, -0.15) is 0 Å². The summed E-state index contributed by atoms with van der Waals surface area (Å²) >= 11 is 0. The van der Waals surface area contributed by atoms with Crippen molar-refractivity contribution in [1.82, 2.24) is 0 Å². The van der Waals surface area contributed by atoms with E-state index in [1.165, 1.54) is 0 Å². The fourth-order valence-corrected chi connectivity index (χ4v) is 1.00. The van der Waals surface area contributed by atoms with Crippen molar-refractivity contribution >= 4 is 17.9 Å². The molecule has 0 heterocycles. The predicted molar refractivity (Wildman–Crippen MR) is 73.4 cm³/mol. The van der Waals surface area contributed by atoms with Crippen molar-refractivity contribution in [3.05, 3.63) is 0 Å². The molecule has 0 saturated carbocycles. The summed E-state index contributed by atoms with van der Waals surface area (Å²) in [7, 11) is 0. The van der Waals surface area contributed by atoms with E-state index in [0.717, 1.165) is 0 Å². The Kier molecular flexibility index (Phi) is 25.4. The molecule has 0 radical (unpaired) electrons. The van der Waals surface area contributed by atoms with Gasteiger partial charge >= 0.3 is 41.3 Å². The van der Waals surface area contributed by atoms with Crippen LogP contribution < -0.4 is 15.3 Å². The molecule has 0 aromatic carbocycles. The molecular formula is C15H27O6Pr. The molecule has 0 fully saturated rings. The van der Waals surface area contributed by atoms with Crippen LogP contribution in [0.4, 0.5) is 0 Å². The summed E-state index contributed by atoms with van der Waals surface area (Å²) in [6.07, 6.45) is 0.500. The Labute approximate surface area is 166 Å². The smallest absolute Gasteiger partial charge is 0.550 e. The van der Waals surface area contributed by atoms with Gasteiger partial charge in [-0.05, 0) is 37.0 Å². The van der Waals surface area contributed by atoms with E-state index in [9.17, 15) is 29.7 Å². The third-order valence-corrected chi connectivity index (χ3v) is 1.72. The fraction of sp³-hybridized carbons (Fsp3) is 0.800. The average molecular weight is 444 g/mol. The number of rotatable bonds is 6. The molecule has 0 aliphatic heterocycles. The molecule has 0 aliphatic rings. The van der Waals surface area contributed by atoms with Crippen LogP contribution in [0.2, 0.25) is 0 Å². The van der Waals surface area contributed by atoms with Crippen LogP contribution in [0.5, 0.6) is 0 Å². The third-order valence-electron chi connectivity index (χ3n) is 1.72. The molecule has 0 amide bonds. The van der Waals surface area contributed by atoms with Crippen molar-refractivity contribution in [2.24, 2.45) is 17.8 Å². The van der Waals surface area contributed by atoms with E-state index in [0.29, 0.717) is 0 Å². The van der Waals surface area contributed by atoms with E-state index >= 15 is 0 Å². The first kappa shape index (κ1) is 29.7. The first-order valence-electron chi connectivity index (χ1n) is 6.97. The maximum atomic E-state index is 9.70. The molecule has 6 nitrogen and oxygen atoms in total. The second-order valence-electron chi connectivity index (χ2n) is 5.91. The summed E-state index contributed by atoms with van der Waals surface area (Å²) in [5.74, 6) is -2.25. The normalized spacial score (nSPS) is 9.14. The SMILES string of the molecule is CC(C)CC(=O)[O-].CC(C)CC(=O)[O-].CC(C)CC(=O)[O-].[Pr+3]. The molecule has 0 N–H and O–H groups in total. The van der Waals surface area contributed by atoms with Crippen molar-refractivity contribution in [1.29, 1.82) is 0 Å². The second kappa shape index (κ2) is 18.8. The minimum absolute atomic E-state index is 0. The minimum Gasteiger partial charge on any atom is -0.550 e. The molecule has 22 heavy (non-hydrogen) atoms. The molecular weight excluding hydrogens is 417 g/mol. The number of hydrogen-bond donors (Lipinski definition) is 0. The molecule has 0 unspecified atom stereocenters. The van der Waals surface area contributed by atoms with Crippen molar-refractivity contribution in [2.45, 2.75) is 60.8 Å². The first-order chi connectivity index (χ1) is 9.38.